The zero-order chi connectivity index (χ0) is 14.0. The molecule has 4 nitrogen and oxygen atoms in total. The summed E-state index contributed by atoms with van der Waals surface area (Å²) in [4.78, 5) is 17.5. The second-order valence-corrected chi connectivity index (χ2v) is 6.41. The Morgan fingerprint density at radius 3 is 2.84 bits per heavy atom. The van der Waals surface area contributed by atoms with Gasteiger partial charge in [-0.15, -0.1) is 0 Å². The van der Waals surface area contributed by atoms with Gasteiger partial charge in [0, 0.05) is 25.0 Å². The number of hydrogen-bond acceptors (Lipinski definition) is 3. The predicted molar refractivity (Wildman–Crippen MR) is 77.1 cm³/mol. The van der Waals surface area contributed by atoms with Gasteiger partial charge in [-0.1, -0.05) is 20.8 Å². The monoisotopic (exact) mass is 261 g/mol. The van der Waals surface area contributed by atoms with Crippen LogP contribution in [0.4, 0.5) is 5.69 Å². The lowest BCUT2D eigenvalue weighted by Crippen LogP contribution is -2.40. The first-order chi connectivity index (χ1) is 8.88. The van der Waals surface area contributed by atoms with Crippen LogP contribution in [0.2, 0.25) is 0 Å². The van der Waals surface area contributed by atoms with Crippen molar-refractivity contribution in [1.82, 2.24) is 4.98 Å². The Morgan fingerprint density at radius 1 is 1.47 bits per heavy atom. The number of carbonyl (C=O) groups is 1. The number of pyridine rings is 1. The van der Waals surface area contributed by atoms with Crippen LogP contribution in [0.25, 0.3) is 0 Å². The number of aromatic nitrogens is 1. The predicted octanol–water partition coefficient (Wildman–Crippen LogP) is 2.44. The van der Waals surface area contributed by atoms with E-state index >= 15 is 0 Å². The summed E-state index contributed by atoms with van der Waals surface area (Å²) >= 11 is 0. The summed E-state index contributed by atoms with van der Waals surface area (Å²) < 4.78 is 0. The highest BCUT2D eigenvalue weighted by molar-refractivity contribution is 5.91. The smallest absolute Gasteiger partial charge is 0.267 e. The van der Waals surface area contributed by atoms with Crippen LogP contribution < -0.4 is 10.6 Å². The number of amides is 1. The second-order valence-electron chi connectivity index (χ2n) is 6.41. The van der Waals surface area contributed by atoms with Gasteiger partial charge in [-0.2, -0.15) is 0 Å². The van der Waals surface area contributed by atoms with Crippen molar-refractivity contribution in [3.05, 3.63) is 24.0 Å². The molecule has 19 heavy (non-hydrogen) atoms. The van der Waals surface area contributed by atoms with E-state index < -0.39 is 5.91 Å². The third-order valence-electron chi connectivity index (χ3n) is 4.01. The molecule has 1 aliphatic heterocycles. The van der Waals surface area contributed by atoms with Gasteiger partial charge < -0.3 is 10.6 Å². The van der Waals surface area contributed by atoms with Gasteiger partial charge in [-0.25, -0.2) is 0 Å². The van der Waals surface area contributed by atoms with Crippen molar-refractivity contribution >= 4 is 11.6 Å². The van der Waals surface area contributed by atoms with Gasteiger partial charge in [-0.3, -0.25) is 9.78 Å². The molecule has 0 radical (unpaired) electrons. The number of primary amides is 1. The molecule has 1 aliphatic rings. The Morgan fingerprint density at radius 2 is 2.21 bits per heavy atom. The van der Waals surface area contributed by atoms with Crippen LogP contribution in [-0.4, -0.2) is 24.0 Å². The third kappa shape index (κ3) is 3.25. The van der Waals surface area contributed by atoms with Crippen LogP contribution in [0.1, 0.15) is 44.1 Å². The molecule has 104 valence electrons. The van der Waals surface area contributed by atoms with E-state index in [1.165, 1.54) is 12.8 Å². The zero-order valence-electron chi connectivity index (χ0n) is 12.0. The molecule has 0 spiro atoms. The Labute approximate surface area is 115 Å². The van der Waals surface area contributed by atoms with Crippen molar-refractivity contribution in [3.63, 3.8) is 0 Å². The van der Waals surface area contributed by atoms with Gasteiger partial charge in [0.15, 0.2) is 0 Å². The third-order valence-corrected chi connectivity index (χ3v) is 4.01. The molecule has 0 aliphatic carbocycles. The molecule has 1 atom stereocenters. The highest BCUT2D eigenvalue weighted by Gasteiger charge is 2.29. The van der Waals surface area contributed by atoms with Gasteiger partial charge >= 0.3 is 0 Å². The number of piperidine rings is 1. The van der Waals surface area contributed by atoms with E-state index in [9.17, 15) is 4.79 Å². The van der Waals surface area contributed by atoms with Crippen LogP contribution in [0, 0.1) is 11.3 Å². The van der Waals surface area contributed by atoms with Crippen molar-refractivity contribution in [2.45, 2.75) is 33.6 Å². The molecule has 1 aromatic rings. The number of carbonyl (C=O) groups excluding carboxylic acids is 1. The summed E-state index contributed by atoms with van der Waals surface area (Å²) in [5.74, 6) is 0.206. The van der Waals surface area contributed by atoms with Gasteiger partial charge in [0.25, 0.3) is 5.91 Å². The normalized spacial score (nSPS) is 20.4. The van der Waals surface area contributed by atoms with Gasteiger partial charge in [0.2, 0.25) is 0 Å². The fourth-order valence-corrected chi connectivity index (χ4v) is 2.67. The van der Waals surface area contributed by atoms with Crippen molar-refractivity contribution < 1.29 is 4.79 Å². The molecule has 2 heterocycles. The summed E-state index contributed by atoms with van der Waals surface area (Å²) in [6.45, 7) is 8.95. The molecular formula is C15H23N3O. The number of rotatable bonds is 2. The minimum absolute atomic E-state index is 0.318. The maximum absolute atomic E-state index is 11.2. The average Bonchev–Trinajstić information content (AvgIpc) is 2.38. The van der Waals surface area contributed by atoms with E-state index in [-0.39, 0.29) is 0 Å². The Hall–Kier alpha value is -1.58. The number of hydrogen-bond donors (Lipinski definition) is 1. The molecule has 2 rings (SSSR count). The van der Waals surface area contributed by atoms with E-state index in [2.05, 4.69) is 30.7 Å². The lowest BCUT2D eigenvalue weighted by molar-refractivity contribution is 0.0995. The summed E-state index contributed by atoms with van der Waals surface area (Å²) in [7, 11) is 0. The summed E-state index contributed by atoms with van der Waals surface area (Å²) in [5, 5.41) is 0. The van der Waals surface area contributed by atoms with E-state index in [1.54, 1.807) is 12.3 Å². The number of nitrogens with zero attached hydrogens (tertiary/aromatic N) is 2. The number of nitrogens with two attached hydrogens (primary N) is 1. The average molecular weight is 261 g/mol. The largest absolute Gasteiger partial charge is 0.371 e. The molecule has 0 saturated carbocycles. The van der Waals surface area contributed by atoms with Crippen molar-refractivity contribution in [3.8, 4) is 0 Å². The molecule has 1 amide bonds. The molecule has 0 aromatic carbocycles. The van der Waals surface area contributed by atoms with Crippen LogP contribution in [0.5, 0.6) is 0 Å². The minimum Gasteiger partial charge on any atom is -0.371 e. The fourth-order valence-electron chi connectivity index (χ4n) is 2.67. The summed E-state index contributed by atoms with van der Waals surface area (Å²) in [6, 6.07) is 3.75. The van der Waals surface area contributed by atoms with Crippen molar-refractivity contribution in [2.75, 3.05) is 18.0 Å². The fraction of sp³-hybridized carbons (Fsp3) is 0.600. The van der Waals surface area contributed by atoms with Gasteiger partial charge in [0.05, 0.1) is 0 Å². The molecular weight excluding hydrogens is 238 g/mol. The first kappa shape index (κ1) is 13.8. The highest BCUT2D eigenvalue weighted by Crippen LogP contribution is 2.34. The Balaban J connectivity index is 2.17. The van der Waals surface area contributed by atoms with Crippen LogP contribution in [-0.2, 0) is 0 Å². The first-order valence-corrected chi connectivity index (χ1v) is 6.89. The maximum Gasteiger partial charge on any atom is 0.267 e. The maximum atomic E-state index is 11.2. The Kier molecular flexibility index (Phi) is 3.78. The molecule has 2 N–H and O–H groups in total. The van der Waals surface area contributed by atoms with Gasteiger partial charge in [-0.05, 0) is 36.3 Å². The molecule has 0 bridgehead atoms. The molecule has 1 aromatic heterocycles. The van der Waals surface area contributed by atoms with Crippen LogP contribution in [0.15, 0.2) is 18.3 Å². The topological polar surface area (TPSA) is 59.2 Å². The summed E-state index contributed by atoms with van der Waals surface area (Å²) in [5.41, 5.74) is 7.00. The standard InChI is InChI=1S/C15H23N3O/c1-15(2,3)11-5-4-8-18(10-11)12-6-7-17-13(9-12)14(16)19/h6-7,9,11H,4-5,8,10H2,1-3H3,(H2,16,19)/t11-/m0/s1. The minimum atomic E-state index is -0.466. The molecule has 0 unspecified atom stereocenters. The lowest BCUT2D eigenvalue weighted by Gasteiger charge is -2.40. The molecule has 1 saturated heterocycles. The van der Waals surface area contributed by atoms with E-state index in [4.69, 9.17) is 5.73 Å². The van der Waals surface area contributed by atoms with E-state index in [0.717, 1.165) is 18.8 Å². The quantitative estimate of drug-likeness (QED) is 0.889. The van der Waals surface area contributed by atoms with E-state index in [1.807, 2.05) is 6.07 Å². The SMILES string of the molecule is CC(C)(C)[C@H]1CCCN(c2ccnc(C(N)=O)c2)C1. The zero-order valence-corrected chi connectivity index (χ0v) is 12.0. The van der Waals surface area contributed by atoms with Crippen LogP contribution in [0.3, 0.4) is 0 Å². The van der Waals surface area contributed by atoms with Crippen molar-refractivity contribution in [1.29, 1.82) is 0 Å². The second kappa shape index (κ2) is 5.19. The Bertz CT molecular complexity index is 465. The number of anilines is 1. The highest BCUT2D eigenvalue weighted by atomic mass is 16.1. The van der Waals surface area contributed by atoms with Gasteiger partial charge in [0.1, 0.15) is 5.69 Å². The van der Waals surface area contributed by atoms with Crippen LogP contribution >= 0.6 is 0 Å². The molecule has 1 fully saturated rings. The summed E-state index contributed by atoms with van der Waals surface area (Å²) in [6.07, 6.45) is 4.13. The molecule has 4 heteroatoms. The van der Waals surface area contributed by atoms with E-state index in [0.29, 0.717) is 17.0 Å². The first-order valence-electron chi connectivity index (χ1n) is 6.89. The van der Waals surface area contributed by atoms with Crippen molar-refractivity contribution in [2.24, 2.45) is 17.1 Å². The lowest BCUT2D eigenvalue weighted by atomic mass is 9.76.